The van der Waals surface area contributed by atoms with E-state index < -0.39 is 17.3 Å². The molecule has 1 amide bonds. The van der Waals surface area contributed by atoms with Crippen LogP contribution in [0.5, 0.6) is 23.0 Å². The Morgan fingerprint density at radius 1 is 0.887 bits per heavy atom. The van der Waals surface area contributed by atoms with Gasteiger partial charge in [-0.05, 0) is 53.4 Å². The van der Waals surface area contributed by atoms with Crippen LogP contribution in [0, 0.1) is 5.82 Å². The number of anilines is 1. The molecule has 270 valence electrons. The molecule has 0 radical (unpaired) electrons. The molecule has 1 N–H and O–H groups in total. The third-order valence-corrected chi connectivity index (χ3v) is 9.08. The van der Waals surface area contributed by atoms with Gasteiger partial charge in [0.05, 0.1) is 39.0 Å². The summed E-state index contributed by atoms with van der Waals surface area (Å²) in [6.45, 7) is 4.86. The normalized spacial score (nSPS) is 13.1. The number of morpholine rings is 1. The molecule has 0 saturated carbocycles. The van der Waals surface area contributed by atoms with E-state index in [1.54, 1.807) is 49.8 Å². The van der Waals surface area contributed by atoms with Crippen molar-refractivity contribution < 1.29 is 28.1 Å². The lowest BCUT2D eigenvalue weighted by Crippen LogP contribution is -2.37. The minimum atomic E-state index is -0.697. The van der Waals surface area contributed by atoms with Crippen molar-refractivity contribution in [3.63, 3.8) is 0 Å². The molecule has 0 spiro atoms. The van der Waals surface area contributed by atoms with Crippen molar-refractivity contribution in [2.75, 3.05) is 51.5 Å². The highest BCUT2D eigenvalue weighted by atomic mass is 19.1. The maximum atomic E-state index is 16.0. The number of fused-ring (bicyclic) bond motifs is 1. The van der Waals surface area contributed by atoms with E-state index in [4.69, 9.17) is 18.9 Å². The summed E-state index contributed by atoms with van der Waals surface area (Å²) >= 11 is 0. The minimum Gasteiger partial charge on any atom is -0.493 e. The molecular formula is C42H39FN4O6. The third-order valence-electron chi connectivity index (χ3n) is 9.08. The molecule has 1 saturated heterocycles. The number of pyridine rings is 2. The number of ether oxygens (including phenoxy) is 4. The Kier molecular flexibility index (Phi) is 11.0. The SMILES string of the molecule is COc1cc2c(Oc3ccc(N(Cc4ccccc4)C(=O)c4cc(-c5ccccc5)c[nH]c4=O)cc3F)ccnc2cc1OCCCN1CCOCC1. The summed E-state index contributed by atoms with van der Waals surface area (Å²) in [6, 6.07) is 29.8. The number of halogens is 1. The summed E-state index contributed by atoms with van der Waals surface area (Å²) in [7, 11) is 1.56. The van der Waals surface area contributed by atoms with E-state index in [1.807, 2.05) is 60.7 Å². The highest BCUT2D eigenvalue weighted by molar-refractivity contribution is 6.06. The van der Waals surface area contributed by atoms with Crippen LogP contribution in [0.3, 0.4) is 0 Å². The molecule has 0 aliphatic carbocycles. The van der Waals surface area contributed by atoms with Gasteiger partial charge >= 0.3 is 0 Å². The standard InChI is InChI=1S/C42H39FN4O6/c1-50-39-25-33-36(26-40(39)52-20-8-17-46-18-21-51-22-19-46)44-16-15-37(33)53-38-14-13-32(24-35(38)43)47(28-29-9-4-2-5-10-29)42(49)34-23-31(27-45-41(34)48)30-11-6-3-7-12-30/h2-7,9-16,23-27H,8,17-22,28H2,1H3,(H,45,48). The first-order valence-electron chi connectivity index (χ1n) is 17.5. The lowest BCUT2D eigenvalue weighted by atomic mass is 10.0. The summed E-state index contributed by atoms with van der Waals surface area (Å²) in [6.07, 6.45) is 4.00. The highest BCUT2D eigenvalue weighted by Gasteiger charge is 2.24. The van der Waals surface area contributed by atoms with Gasteiger partial charge in [0.25, 0.3) is 11.5 Å². The Bertz CT molecular complexity index is 2240. The minimum absolute atomic E-state index is 0.0558. The molecule has 6 aromatic rings. The van der Waals surface area contributed by atoms with Gasteiger partial charge in [-0.2, -0.15) is 0 Å². The predicted molar refractivity (Wildman–Crippen MR) is 202 cm³/mol. The molecule has 1 fully saturated rings. The number of H-pyrrole nitrogens is 1. The van der Waals surface area contributed by atoms with E-state index in [0.717, 1.165) is 50.4 Å². The van der Waals surface area contributed by atoms with Gasteiger partial charge in [-0.3, -0.25) is 19.5 Å². The molecule has 1 aliphatic rings. The van der Waals surface area contributed by atoms with Crippen LogP contribution in [0.2, 0.25) is 0 Å². The summed E-state index contributed by atoms with van der Waals surface area (Å²) in [4.78, 5) is 38.1. The van der Waals surface area contributed by atoms with Crippen molar-refractivity contribution in [2.45, 2.75) is 13.0 Å². The molecular weight excluding hydrogens is 675 g/mol. The van der Waals surface area contributed by atoms with Crippen LogP contribution in [-0.2, 0) is 11.3 Å². The van der Waals surface area contributed by atoms with E-state index in [9.17, 15) is 9.59 Å². The summed E-state index contributed by atoms with van der Waals surface area (Å²) in [5.41, 5.74) is 2.54. The van der Waals surface area contributed by atoms with Gasteiger partial charge in [-0.1, -0.05) is 60.7 Å². The van der Waals surface area contributed by atoms with Crippen LogP contribution in [0.15, 0.2) is 120 Å². The lowest BCUT2D eigenvalue weighted by molar-refractivity contribution is 0.0357. The van der Waals surface area contributed by atoms with Gasteiger partial charge in [0.1, 0.15) is 11.3 Å². The van der Waals surface area contributed by atoms with Gasteiger partial charge < -0.3 is 28.8 Å². The molecule has 2 aromatic heterocycles. The number of nitrogens with zero attached hydrogens (tertiary/aromatic N) is 3. The van der Waals surface area contributed by atoms with Crippen molar-refractivity contribution in [3.05, 3.63) is 143 Å². The second-order valence-electron chi connectivity index (χ2n) is 12.6. The summed E-state index contributed by atoms with van der Waals surface area (Å²) < 4.78 is 39.3. The monoisotopic (exact) mass is 714 g/mol. The Morgan fingerprint density at radius 3 is 2.42 bits per heavy atom. The Balaban J connectivity index is 1.13. The van der Waals surface area contributed by atoms with Gasteiger partial charge in [0.15, 0.2) is 23.1 Å². The first kappa shape index (κ1) is 35.4. The number of aromatic nitrogens is 2. The number of rotatable bonds is 13. The van der Waals surface area contributed by atoms with E-state index in [1.165, 1.54) is 17.0 Å². The molecule has 0 atom stereocenters. The number of benzene rings is 4. The van der Waals surface area contributed by atoms with Gasteiger partial charge in [0.2, 0.25) is 0 Å². The van der Waals surface area contributed by atoms with Crippen molar-refractivity contribution in [1.82, 2.24) is 14.9 Å². The fourth-order valence-electron chi connectivity index (χ4n) is 6.28. The maximum absolute atomic E-state index is 16.0. The second-order valence-corrected chi connectivity index (χ2v) is 12.6. The van der Waals surface area contributed by atoms with Gasteiger partial charge in [-0.15, -0.1) is 0 Å². The number of carbonyl (C=O) groups is 1. The average molecular weight is 715 g/mol. The summed E-state index contributed by atoms with van der Waals surface area (Å²) in [5.74, 6) is 0.0853. The molecule has 0 unspecified atom stereocenters. The first-order chi connectivity index (χ1) is 26.0. The van der Waals surface area contributed by atoms with Gasteiger partial charge in [-0.25, -0.2) is 4.39 Å². The average Bonchev–Trinajstić information content (AvgIpc) is 3.20. The number of hydrogen-bond acceptors (Lipinski definition) is 8. The van der Waals surface area contributed by atoms with E-state index in [-0.39, 0.29) is 23.5 Å². The number of aromatic amines is 1. The molecule has 0 bridgehead atoms. The van der Waals surface area contributed by atoms with E-state index in [0.29, 0.717) is 40.3 Å². The zero-order valence-electron chi connectivity index (χ0n) is 29.3. The molecule has 3 heterocycles. The fraction of sp³-hybridized carbons (Fsp3) is 0.214. The van der Waals surface area contributed by atoms with Crippen LogP contribution in [0.25, 0.3) is 22.0 Å². The Hall–Kier alpha value is -6.04. The molecule has 11 heteroatoms. The van der Waals surface area contributed by atoms with Crippen molar-refractivity contribution in [2.24, 2.45) is 0 Å². The van der Waals surface area contributed by atoms with Crippen molar-refractivity contribution >= 4 is 22.5 Å². The molecule has 7 rings (SSSR count). The quantitative estimate of drug-likeness (QED) is 0.123. The molecule has 4 aromatic carbocycles. The number of nitrogens with one attached hydrogen (secondary N) is 1. The number of methoxy groups -OCH3 is 1. The van der Waals surface area contributed by atoms with Crippen LogP contribution >= 0.6 is 0 Å². The van der Waals surface area contributed by atoms with Crippen LogP contribution < -0.4 is 24.7 Å². The smallest absolute Gasteiger partial charge is 0.264 e. The van der Waals surface area contributed by atoms with Crippen molar-refractivity contribution in [1.29, 1.82) is 0 Å². The third kappa shape index (κ3) is 8.38. The maximum Gasteiger partial charge on any atom is 0.264 e. The lowest BCUT2D eigenvalue weighted by Gasteiger charge is -2.26. The Morgan fingerprint density at radius 2 is 1.66 bits per heavy atom. The number of carbonyl (C=O) groups excluding carboxylic acids is 1. The van der Waals surface area contributed by atoms with E-state index in [2.05, 4.69) is 14.9 Å². The number of amides is 1. The van der Waals surface area contributed by atoms with Crippen LogP contribution in [-0.4, -0.2) is 67.3 Å². The molecule has 53 heavy (non-hydrogen) atoms. The largest absolute Gasteiger partial charge is 0.493 e. The number of hydrogen-bond donors (Lipinski definition) is 1. The van der Waals surface area contributed by atoms with Crippen LogP contribution in [0.4, 0.5) is 10.1 Å². The predicted octanol–water partition coefficient (Wildman–Crippen LogP) is 7.48. The van der Waals surface area contributed by atoms with Gasteiger partial charge in [0, 0.05) is 55.2 Å². The zero-order valence-corrected chi connectivity index (χ0v) is 29.3. The summed E-state index contributed by atoms with van der Waals surface area (Å²) in [5, 5.41) is 0.604. The van der Waals surface area contributed by atoms with Crippen molar-refractivity contribution in [3.8, 4) is 34.1 Å². The fourth-order valence-corrected chi connectivity index (χ4v) is 6.28. The topological polar surface area (TPSA) is 106 Å². The Labute approximate surface area is 306 Å². The second kappa shape index (κ2) is 16.5. The molecule has 10 nitrogen and oxygen atoms in total. The van der Waals surface area contributed by atoms with Crippen LogP contribution in [0.1, 0.15) is 22.3 Å². The molecule has 1 aliphatic heterocycles. The van der Waals surface area contributed by atoms with E-state index >= 15 is 4.39 Å². The highest BCUT2D eigenvalue weighted by Crippen LogP contribution is 2.38. The zero-order chi connectivity index (χ0) is 36.6. The first-order valence-corrected chi connectivity index (χ1v) is 17.5.